The highest BCUT2D eigenvalue weighted by Gasteiger charge is 2.92. The third kappa shape index (κ3) is 1.02. The second kappa shape index (κ2) is 3.76. The molecule has 28 heavy (non-hydrogen) atoms. The van der Waals surface area contributed by atoms with Gasteiger partial charge >= 0.3 is 0 Å². The van der Waals surface area contributed by atoms with E-state index in [1.54, 1.807) is 11.1 Å². The zero-order valence-corrected chi connectivity index (χ0v) is 15.6. The van der Waals surface area contributed by atoms with Gasteiger partial charge in [0.25, 0.3) is 0 Å². The topological polar surface area (TPSA) is 25.2 Å². The quantitative estimate of drug-likeness (QED) is 0.722. The molecular formula is C26H22N2. The van der Waals surface area contributed by atoms with Crippen LogP contribution in [0.25, 0.3) is 0 Å². The summed E-state index contributed by atoms with van der Waals surface area (Å²) >= 11 is 0. The Balaban J connectivity index is 1.23. The number of aliphatic imine (C=N–C) groups is 1. The van der Waals surface area contributed by atoms with Gasteiger partial charge in [-0.1, -0.05) is 18.2 Å². The minimum absolute atomic E-state index is 0.825. The van der Waals surface area contributed by atoms with Crippen molar-refractivity contribution in [3.63, 3.8) is 0 Å². The summed E-state index contributed by atoms with van der Waals surface area (Å²) in [5, 5.41) is 0. The highest BCUT2D eigenvalue weighted by atomic mass is 15.0. The van der Waals surface area contributed by atoms with Crippen LogP contribution in [0, 0.1) is 71.0 Å². The van der Waals surface area contributed by atoms with Gasteiger partial charge in [0.2, 0.25) is 0 Å². The Labute approximate surface area is 164 Å². The number of hydrogen-bond acceptors (Lipinski definition) is 2. The number of nitrogens with zero attached hydrogens (tertiary/aromatic N) is 2. The number of fused-ring (bicyclic) bond motifs is 4. The Morgan fingerprint density at radius 1 is 0.679 bits per heavy atom. The highest BCUT2D eigenvalue weighted by Crippen LogP contribution is 2.97. The monoisotopic (exact) mass is 362 g/mol. The standard InChI is InChI=1S/C26H22N2/c1-2-6-27-10(3-1)8-28-12-7-9-4-5-11(12)14-17-15-13(9)16-19-18(14)23-22(17)25-20(15)21(16)26(25)24(19)23/h1-8,13-26H/b28-8+/t13-,14-,15+,16?,17-,18-,19?,20+,21?,22+,23-,24+,25-,26+/m1/s1. The van der Waals surface area contributed by atoms with E-state index in [9.17, 15) is 0 Å². The van der Waals surface area contributed by atoms with Gasteiger partial charge in [-0.3, -0.25) is 9.98 Å². The molecule has 3 unspecified atom stereocenters. The van der Waals surface area contributed by atoms with Gasteiger partial charge in [0.1, 0.15) is 0 Å². The number of benzene rings is 1. The van der Waals surface area contributed by atoms with Crippen LogP contribution in [0.4, 0.5) is 5.69 Å². The van der Waals surface area contributed by atoms with Crippen LogP contribution >= 0.6 is 0 Å². The number of aromatic nitrogens is 1. The molecule has 0 N–H and O–H groups in total. The molecule has 0 spiro atoms. The number of pyridine rings is 1. The van der Waals surface area contributed by atoms with Crippen molar-refractivity contribution in [3.05, 3.63) is 59.4 Å². The zero-order chi connectivity index (χ0) is 17.5. The van der Waals surface area contributed by atoms with Crippen LogP contribution < -0.4 is 0 Å². The summed E-state index contributed by atoms with van der Waals surface area (Å²) in [7, 11) is 0. The molecule has 7 fully saturated rings. The van der Waals surface area contributed by atoms with Gasteiger partial charge in [0.05, 0.1) is 17.6 Å². The average molecular weight is 362 g/mol. The molecule has 2 nitrogen and oxygen atoms in total. The molecule has 2 aromatic rings. The lowest BCUT2D eigenvalue weighted by Crippen LogP contribution is -2.46. The van der Waals surface area contributed by atoms with Crippen LogP contribution in [0.1, 0.15) is 28.7 Å². The van der Waals surface area contributed by atoms with Crippen LogP contribution in [0.5, 0.6) is 0 Å². The smallest absolute Gasteiger partial charge is 0.0812 e. The van der Waals surface area contributed by atoms with E-state index in [1.807, 2.05) is 18.5 Å². The zero-order valence-electron chi connectivity index (χ0n) is 15.6. The molecule has 1 heterocycles. The molecule has 2 bridgehead atoms. The molecule has 1 aromatic heterocycles. The van der Waals surface area contributed by atoms with E-state index >= 15 is 0 Å². The summed E-state index contributed by atoms with van der Waals surface area (Å²) in [5.41, 5.74) is 5.49. The van der Waals surface area contributed by atoms with E-state index in [1.165, 1.54) is 11.6 Å². The Morgan fingerprint density at radius 3 is 2.07 bits per heavy atom. The molecule has 0 saturated heterocycles. The first-order valence-corrected chi connectivity index (χ1v) is 11.5. The van der Waals surface area contributed by atoms with E-state index < -0.39 is 0 Å². The van der Waals surface area contributed by atoms with E-state index in [-0.39, 0.29) is 0 Å². The third-order valence-corrected chi connectivity index (χ3v) is 11.6. The SMILES string of the molecule is C(=N\c1cc2ccc1[C@H]1[C@@H]3C4C5C6[C@H]7[C@@H]4[C@H]3[C@H]3[C@H]7[C@H]6[C@H]([C@@H]13)[C@@H]25)/c1ccccn1. The van der Waals surface area contributed by atoms with Gasteiger partial charge in [-0.05, 0) is 112 Å². The Morgan fingerprint density at radius 2 is 1.32 bits per heavy atom. The molecule has 9 aliphatic rings. The molecule has 0 amide bonds. The van der Waals surface area contributed by atoms with E-state index in [0.29, 0.717) is 0 Å². The minimum Gasteiger partial charge on any atom is -0.255 e. The van der Waals surface area contributed by atoms with Crippen LogP contribution in [0.15, 0.2) is 47.6 Å². The van der Waals surface area contributed by atoms with Crippen molar-refractivity contribution in [2.24, 2.45) is 76.0 Å². The van der Waals surface area contributed by atoms with Crippen molar-refractivity contribution < 1.29 is 0 Å². The molecule has 0 aliphatic heterocycles. The van der Waals surface area contributed by atoms with Gasteiger partial charge in [-0.25, -0.2) is 0 Å². The van der Waals surface area contributed by atoms with Crippen LogP contribution in [-0.2, 0) is 0 Å². The van der Waals surface area contributed by atoms with Crippen molar-refractivity contribution in [3.8, 4) is 0 Å². The summed E-state index contributed by atoms with van der Waals surface area (Å²) in [6.07, 6.45) is 3.86. The Hall–Kier alpha value is -1.96. The predicted molar refractivity (Wildman–Crippen MR) is 105 cm³/mol. The van der Waals surface area contributed by atoms with Gasteiger partial charge in [0, 0.05) is 6.20 Å². The molecule has 11 rings (SSSR count). The number of rotatable bonds is 2. The summed E-state index contributed by atoms with van der Waals surface area (Å²) in [5.74, 6) is 14.9. The van der Waals surface area contributed by atoms with Gasteiger partial charge in [-0.15, -0.1) is 0 Å². The summed E-state index contributed by atoms with van der Waals surface area (Å²) in [6, 6.07) is 13.6. The van der Waals surface area contributed by atoms with Crippen molar-refractivity contribution in [2.45, 2.75) is 11.8 Å². The first kappa shape index (κ1) is 13.3. The van der Waals surface area contributed by atoms with E-state index in [4.69, 9.17) is 4.99 Å². The molecule has 136 valence electrons. The van der Waals surface area contributed by atoms with Crippen molar-refractivity contribution in [1.82, 2.24) is 4.98 Å². The van der Waals surface area contributed by atoms with Crippen LogP contribution in [-0.4, -0.2) is 11.2 Å². The summed E-state index contributed by atoms with van der Waals surface area (Å²) < 4.78 is 0. The maximum atomic E-state index is 5.04. The normalized spacial score (nSPS) is 60.0. The first-order valence-electron chi connectivity index (χ1n) is 11.5. The van der Waals surface area contributed by atoms with Gasteiger partial charge < -0.3 is 0 Å². The second-order valence-electron chi connectivity index (χ2n) is 11.3. The molecule has 1 aromatic carbocycles. The molecule has 7 saturated carbocycles. The lowest BCUT2D eigenvalue weighted by Gasteiger charge is -2.50. The van der Waals surface area contributed by atoms with E-state index in [0.717, 1.165) is 82.6 Å². The number of hydrogen-bond donors (Lipinski definition) is 0. The average Bonchev–Trinajstić information content (AvgIpc) is 3.34. The van der Waals surface area contributed by atoms with Gasteiger partial charge in [0.15, 0.2) is 0 Å². The highest BCUT2D eigenvalue weighted by molar-refractivity contribution is 5.80. The maximum Gasteiger partial charge on any atom is 0.0812 e. The summed E-state index contributed by atoms with van der Waals surface area (Å²) in [6.45, 7) is 0. The fourth-order valence-electron chi connectivity index (χ4n) is 11.9. The fraction of sp³-hybridized carbons (Fsp3) is 0.538. The Kier molecular flexibility index (Phi) is 1.79. The van der Waals surface area contributed by atoms with Crippen molar-refractivity contribution >= 4 is 11.9 Å². The lowest BCUT2D eigenvalue weighted by atomic mass is 9.54. The van der Waals surface area contributed by atoms with Crippen LogP contribution in [0.3, 0.4) is 0 Å². The van der Waals surface area contributed by atoms with Crippen molar-refractivity contribution in [2.75, 3.05) is 0 Å². The first-order chi connectivity index (χ1) is 13.9. The fourth-order valence-corrected chi connectivity index (χ4v) is 11.9. The second-order valence-corrected chi connectivity index (χ2v) is 11.3. The predicted octanol–water partition coefficient (Wildman–Crippen LogP) is 4.50. The van der Waals surface area contributed by atoms with Gasteiger partial charge in [-0.2, -0.15) is 0 Å². The molecule has 0 radical (unpaired) electrons. The lowest BCUT2D eigenvalue weighted by molar-refractivity contribution is -0.0168. The summed E-state index contributed by atoms with van der Waals surface area (Å²) in [4.78, 5) is 9.50. The van der Waals surface area contributed by atoms with Crippen LogP contribution in [0.2, 0.25) is 0 Å². The largest absolute Gasteiger partial charge is 0.255 e. The van der Waals surface area contributed by atoms with E-state index in [2.05, 4.69) is 35.3 Å². The third-order valence-electron chi connectivity index (χ3n) is 11.6. The van der Waals surface area contributed by atoms with Crippen molar-refractivity contribution in [1.29, 1.82) is 0 Å². The molecular weight excluding hydrogens is 340 g/mol. The Bertz CT molecular complexity index is 1140. The maximum absolute atomic E-state index is 5.04. The minimum atomic E-state index is 0.825. The molecule has 2 heteroatoms. The molecule has 9 aliphatic carbocycles. The molecule has 14 atom stereocenters.